The van der Waals surface area contributed by atoms with Crippen molar-refractivity contribution in [3.63, 3.8) is 0 Å². The molecule has 0 aliphatic heterocycles. The molecule has 0 radical (unpaired) electrons. The highest BCUT2D eigenvalue weighted by molar-refractivity contribution is 14.1. The summed E-state index contributed by atoms with van der Waals surface area (Å²) in [5.41, 5.74) is 5.78. The number of rotatable bonds is 6. The van der Waals surface area contributed by atoms with Gasteiger partial charge in [-0.3, -0.25) is 0 Å². The monoisotopic (exact) mass is 363 g/mol. The Morgan fingerprint density at radius 3 is 2.83 bits per heavy atom. The second-order valence-corrected chi connectivity index (χ2v) is 5.36. The molecule has 0 saturated carbocycles. The van der Waals surface area contributed by atoms with Crippen molar-refractivity contribution in [3.8, 4) is 0 Å². The van der Waals surface area contributed by atoms with Crippen molar-refractivity contribution in [3.05, 3.63) is 33.4 Å². The quantitative estimate of drug-likeness (QED) is 0.764. The predicted octanol–water partition coefficient (Wildman–Crippen LogP) is 2.98. The number of ether oxygens (including phenoxy) is 1. The molecular formula is C13H18INO3. The Morgan fingerprint density at radius 1 is 1.56 bits per heavy atom. The molecule has 18 heavy (non-hydrogen) atoms. The molecule has 0 spiro atoms. The van der Waals surface area contributed by atoms with Crippen LogP contribution in [-0.2, 0) is 4.74 Å². The number of aliphatic hydroxyl groups is 1. The summed E-state index contributed by atoms with van der Waals surface area (Å²) in [6.45, 7) is 2.04. The maximum atomic E-state index is 10.9. The lowest BCUT2D eigenvalue weighted by Crippen LogP contribution is -2.28. The first-order valence-electron chi connectivity index (χ1n) is 5.94. The van der Waals surface area contributed by atoms with Crippen LogP contribution in [-0.4, -0.2) is 17.3 Å². The maximum absolute atomic E-state index is 10.9. The Kier molecular flexibility index (Phi) is 6.42. The van der Waals surface area contributed by atoms with Crippen LogP contribution in [0.2, 0.25) is 0 Å². The molecule has 0 bridgehead atoms. The van der Waals surface area contributed by atoms with E-state index in [1.54, 1.807) is 0 Å². The van der Waals surface area contributed by atoms with Crippen LogP contribution in [0, 0.1) is 3.57 Å². The number of hydrogen-bond acceptors (Lipinski definition) is 3. The molecule has 1 amide bonds. The number of benzene rings is 1. The summed E-state index contributed by atoms with van der Waals surface area (Å²) in [5.74, 6) is 0. The third-order valence-corrected chi connectivity index (χ3v) is 3.32. The number of hydrogen-bond donors (Lipinski definition) is 2. The molecule has 3 N–H and O–H groups in total. The molecule has 0 fully saturated rings. The van der Waals surface area contributed by atoms with Crippen LogP contribution in [0.15, 0.2) is 24.3 Å². The lowest BCUT2D eigenvalue weighted by atomic mass is 10.0. The zero-order chi connectivity index (χ0) is 13.5. The number of unbranched alkanes of at least 4 members (excludes halogenated alkanes) is 1. The van der Waals surface area contributed by atoms with Crippen molar-refractivity contribution in [1.82, 2.24) is 0 Å². The van der Waals surface area contributed by atoms with Crippen LogP contribution in [0.1, 0.15) is 37.9 Å². The van der Waals surface area contributed by atoms with Crippen LogP contribution in [0.4, 0.5) is 4.79 Å². The average molecular weight is 363 g/mol. The van der Waals surface area contributed by atoms with E-state index in [1.807, 2.05) is 31.2 Å². The van der Waals surface area contributed by atoms with Crippen LogP contribution >= 0.6 is 22.6 Å². The summed E-state index contributed by atoms with van der Waals surface area (Å²) in [6, 6.07) is 7.49. The molecule has 1 aromatic rings. The zero-order valence-electron chi connectivity index (χ0n) is 10.3. The first-order valence-corrected chi connectivity index (χ1v) is 7.02. The fraction of sp³-hybridized carbons (Fsp3) is 0.462. The van der Waals surface area contributed by atoms with Crippen molar-refractivity contribution in [2.75, 3.05) is 0 Å². The summed E-state index contributed by atoms with van der Waals surface area (Å²) in [4.78, 5) is 10.9. The van der Waals surface area contributed by atoms with Gasteiger partial charge in [0.25, 0.3) is 0 Å². The minimum atomic E-state index is -0.846. The van der Waals surface area contributed by atoms with Gasteiger partial charge in [-0.15, -0.1) is 0 Å². The predicted molar refractivity (Wildman–Crippen MR) is 78.1 cm³/mol. The Hall–Kier alpha value is -0.820. The molecule has 0 unspecified atom stereocenters. The van der Waals surface area contributed by atoms with Crippen LogP contribution < -0.4 is 5.73 Å². The topological polar surface area (TPSA) is 72.5 Å². The van der Waals surface area contributed by atoms with Gasteiger partial charge in [0, 0.05) is 3.57 Å². The summed E-state index contributed by atoms with van der Waals surface area (Å²) in [5, 5.41) is 10.2. The second kappa shape index (κ2) is 7.58. The molecule has 0 aromatic heterocycles. The summed E-state index contributed by atoms with van der Waals surface area (Å²) < 4.78 is 6.02. The second-order valence-electron chi connectivity index (χ2n) is 4.12. The molecule has 1 rings (SSSR count). The first kappa shape index (κ1) is 15.2. The van der Waals surface area contributed by atoms with Crippen molar-refractivity contribution < 1.29 is 14.6 Å². The molecule has 0 aliphatic carbocycles. The minimum Gasteiger partial charge on any atom is -0.443 e. The van der Waals surface area contributed by atoms with E-state index in [4.69, 9.17) is 10.5 Å². The molecule has 2 atom stereocenters. The Morgan fingerprint density at radius 2 is 2.28 bits per heavy atom. The number of amides is 1. The molecule has 0 heterocycles. The van der Waals surface area contributed by atoms with E-state index in [0.717, 1.165) is 22.0 Å². The molecule has 4 nitrogen and oxygen atoms in total. The Labute approximate surface area is 121 Å². The van der Waals surface area contributed by atoms with Gasteiger partial charge in [0.15, 0.2) is 0 Å². The molecular weight excluding hydrogens is 345 g/mol. The van der Waals surface area contributed by atoms with E-state index in [0.29, 0.717) is 6.42 Å². The van der Waals surface area contributed by atoms with Crippen LogP contribution in [0.25, 0.3) is 0 Å². The van der Waals surface area contributed by atoms with Gasteiger partial charge in [-0.25, -0.2) is 4.79 Å². The molecule has 100 valence electrons. The van der Waals surface area contributed by atoms with Crippen molar-refractivity contribution >= 4 is 28.7 Å². The third-order valence-electron chi connectivity index (χ3n) is 2.65. The number of carbonyl (C=O) groups excluding carboxylic acids is 1. The number of primary amides is 1. The van der Waals surface area contributed by atoms with E-state index >= 15 is 0 Å². The fourth-order valence-electron chi connectivity index (χ4n) is 1.74. The van der Waals surface area contributed by atoms with E-state index in [1.165, 1.54) is 0 Å². The van der Waals surface area contributed by atoms with Gasteiger partial charge in [0.05, 0.1) is 0 Å². The fourth-order valence-corrected chi connectivity index (χ4v) is 2.31. The SMILES string of the molecule is CCCC[C@H](OC(N)=O)[C@@H](O)c1cccc(I)c1. The molecule has 0 saturated heterocycles. The smallest absolute Gasteiger partial charge is 0.404 e. The minimum absolute atomic E-state index is 0.583. The Bertz CT molecular complexity index is 398. The van der Waals surface area contributed by atoms with Gasteiger partial charge < -0.3 is 15.6 Å². The van der Waals surface area contributed by atoms with E-state index in [2.05, 4.69) is 22.6 Å². The number of nitrogens with two attached hydrogens (primary N) is 1. The highest BCUT2D eigenvalue weighted by Crippen LogP contribution is 2.24. The highest BCUT2D eigenvalue weighted by atomic mass is 127. The van der Waals surface area contributed by atoms with Crippen molar-refractivity contribution in [2.45, 2.75) is 38.4 Å². The van der Waals surface area contributed by atoms with E-state index in [9.17, 15) is 9.90 Å². The van der Waals surface area contributed by atoms with Gasteiger partial charge in [0.2, 0.25) is 0 Å². The van der Waals surface area contributed by atoms with Crippen molar-refractivity contribution in [2.24, 2.45) is 5.73 Å². The molecule has 1 aromatic carbocycles. The normalized spacial score (nSPS) is 13.9. The van der Waals surface area contributed by atoms with Crippen molar-refractivity contribution in [1.29, 1.82) is 0 Å². The third kappa shape index (κ3) is 4.81. The van der Waals surface area contributed by atoms with Crippen LogP contribution in [0.3, 0.4) is 0 Å². The Balaban J connectivity index is 2.79. The highest BCUT2D eigenvalue weighted by Gasteiger charge is 2.23. The van der Waals surface area contributed by atoms with Gasteiger partial charge in [-0.2, -0.15) is 0 Å². The zero-order valence-corrected chi connectivity index (χ0v) is 12.5. The number of aliphatic hydroxyl groups excluding tert-OH is 1. The van der Waals surface area contributed by atoms with Gasteiger partial charge in [-0.1, -0.05) is 25.5 Å². The molecule has 0 aliphatic rings. The number of carbonyl (C=O) groups is 1. The van der Waals surface area contributed by atoms with Crippen LogP contribution in [0.5, 0.6) is 0 Å². The van der Waals surface area contributed by atoms with Gasteiger partial charge >= 0.3 is 6.09 Å². The lowest BCUT2D eigenvalue weighted by molar-refractivity contribution is -0.000322. The summed E-state index contributed by atoms with van der Waals surface area (Å²) in [7, 11) is 0. The lowest BCUT2D eigenvalue weighted by Gasteiger charge is -2.22. The summed E-state index contributed by atoms with van der Waals surface area (Å²) in [6.07, 6.45) is 0.183. The van der Waals surface area contributed by atoms with E-state index in [-0.39, 0.29) is 0 Å². The average Bonchev–Trinajstić information content (AvgIpc) is 2.33. The maximum Gasteiger partial charge on any atom is 0.404 e. The standard InChI is InChI=1S/C13H18INO3/c1-2-3-7-11(18-13(15)17)12(16)9-5-4-6-10(14)8-9/h4-6,8,11-12,16H,2-3,7H2,1H3,(H2,15,17)/t11-,12-/m0/s1. The summed E-state index contributed by atoms with van der Waals surface area (Å²) >= 11 is 2.17. The molecule has 5 heteroatoms. The largest absolute Gasteiger partial charge is 0.443 e. The number of halogens is 1. The van der Waals surface area contributed by atoms with Gasteiger partial charge in [-0.05, 0) is 53.1 Å². The van der Waals surface area contributed by atoms with Gasteiger partial charge in [0.1, 0.15) is 12.2 Å². The van der Waals surface area contributed by atoms with E-state index < -0.39 is 18.3 Å². The first-order chi connectivity index (χ1) is 8.54.